The zero-order valence-corrected chi connectivity index (χ0v) is 14.8. The van der Waals surface area contributed by atoms with Crippen molar-refractivity contribution < 1.29 is 9.26 Å². The van der Waals surface area contributed by atoms with Crippen molar-refractivity contribution in [1.29, 1.82) is 0 Å². The normalized spacial score (nSPS) is 15.5. The number of hydrogen-bond acceptors (Lipinski definition) is 8. The van der Waals surface area contributed by atoms with Gasteiger partial charge in [-0.05, 0) is 24.3 Å². The molecule has 25 heavy (non-hydrogen) atoms. The first-order valence-electron chi connectivity index (χ1n) is 8.15. The third-order valence-corrected chi connectivity index (χ3v) is 5.07. The number of anilines is 1. The SMILES string of the molecule is COc1ccc(-c2noc(CN3CCN(c4nccs4)CC3)n2)cc1. The van der Waals surface area contributed by atoms with Crippen molar-refractivity contribution in [2.75, 3.05) is 38.2 Å². The second kappa shape index (κ2) is 7.20. The average Bonchev–Trinajstić information content (AvgIpc) is 3.35. The maximum absolute atomic E-state index is 5.42. The molecule has 0 radical (unpaired) electrons. The Bertz CT molecular complexity index is 795. The number of thiazole rings is 1. The average molecular weight is 357 g/mol. The summed E-state index contributed by atoms with van der Waals surface area (Å²) in [7, 11) is 1.65. The Morgan fingerprint density at radius 3 is 2.64 bits per heavy atom. The van der Waals surface area contributed by atoms with Crippen molar-refractivity contribution in [2.45, 2.75) is 6.54 Å². The molecule has 0 saturated carbocycles. The minimum absolute atomic E-state index is 0.610. The third-order valence-electron chi connectivity index (χ3n) is 4.24. The van der Waals surface area contributed by atoms with Gasteiger partial charge in [-0.15, -0.1) is 11.3 Å². The number of ether oxygens (including phenoxy) is 1. The lowest BCUT2D eigenvalue weighted by atomic mass is 10.2. The van der Waals surface area contributed by atoms with E-state index in [-0.39, 0.29) is 0 Å². The molecule has 8 heteroatoms. The van der Waals surface area contributed by atoms with E-state index < -0.39 is 0 Å². The zero-order valence-electron chi connectivity index (χ0n) is 14.0. The fraction of sp³-hybridized carbons (Fsp3) is 0.353. The first kappa shape index (κ1) is 16.0. The number of piperazine rings is 1. The largest absolute Gasteiger partial charge is 0.497 e. The molecule has 1 aliphatic rings. The van der Waals surface area contributed by atoms with Crippen LogP contribution in [0, 0.1) is 0 Å². The summed E-state index contributed by atoms with van der Waals surface area (Å²) in [6.07, 6.45) is 1.85. The monoisotopic (exact) mass is 357 g/mol. The predicted octanol–water partition coefficient (Wildman–Crippen LogP) is 2.52. The number of hydrogen-bond donors (Lipinski definition) is 0. The molecule has 3 heterocycles. The smallest absolute Gasteiger partial charge is 0.241 e. The lowest BCUT2D eigenvalue weighted by Gasteiger charge is -2.33. The Morgan fingerprint density at radius 1 is 1.16 bits per heavy atom. The van der Waals surface area contributed by atoms with Crippen molar-refractivity contribution in [3.63, 3.8) is 0 Å². The summed E-state index contributed by atoms with van der Waals surface area (Å²) in [5, 5.41) is 7.20. The highest BCUT2D eigenvalue weighted by atomic mass is 32.1. The van der Waals surface area contributed by atoms with Crippen molar-refractivity contribution in [3.05, 3.63) is 41.7 Å². The van der Waals surface area contributed by atoms with Gasteiger partial charge < -0.3 is 14.2 Å². The van der Waals surface area contributed by atoms with Crippen LogP contribution in [0.2, 0.25) is 0 Å². The van der Waals surface area contributed by atoms with Gasteiger partial charge >= 0.3 is 0 Å². The molecule has 7 nitrogen and oxygen atoms in total. The predicted molar refractivity (Wildman–Crippen MR) is 95.9 cm³/mol. The van der Waals surface area contributed by atoms with Crippen LogP contribution in [0.1, 0.15) is 5.89 Å². The number of benzene rings is 1. The summed E-state index contributed by atoms with van der Waals surface area (Å²) >= 11 is 1.68. The summed E-state index contributed by atoms with van der Waals surface area (Å²) < 4.78 is 10.6. The Morgan fingerprint density at radius 2 is 1.96 bits per heavy atom. The molecule has 1 fully saturated rings. The molecule has 0 bridgehead atoms. The van der Waals surface area contributed by atoms with E-state index in [4.69, 9.17) is 9.26 Å². The van der Waals surface area contributed by atoms with E-state index in [1.807, 2.05) is 35.8 Å². The molecule has 2 aromatic heterocycles. The van der Waals surface area contributed by atoms with Crippen LogP contribution in [0.25, 0.3) is 11.4 Å². The molecule has 0 amide bonds. The van der Waals surface area contributed by atoms with Crippen molar-refractivity contribution in [1.82, 2.24) is 20.0 Å². The van der Waals surface area contributed by atoms with Crippen molar-refractivity contribution >= 4 is 16.5 Å². The topological polar surface area (TPSA) is 67.5 Å². The molecule has 3 aromatic rings. The van der Waals surface area contributed by atoms with Crippen LogP contribution in [0.5, 0.6) is 5.75 Å². The molecule has 0 spiro atoms. The van der Waals surface area contributed by atoms with Gasteiger partial charge in [0.05, 0.1) is 13.7 Å². The Hall–Kier alpha value is -2.45. The van der Waals surface area contributed by atoms with Crippen LogP contribution in [0.3, 0.4) is 0 Å². The van der Waals surface area contributed by atoms with Crippen LogP contribution >= 0.6 is 11.3 Å². The highest BCUT2D eigenvalue weighted by Crippen LogP contribution is 2.21. The molecule has 4 rings (SSSR count). The van der Waals surface area contributed by atoms with Gasteiger partial charge in [0.25, 0.3) is 0 Å². The number of nitrogens with zero attached hydrogens (tertiary/aromatic N) is 5. The van der Waals surface area contributed by atoms with Crippen LogP contribution in [0.15, 0.2) is 40.4 Å². The quantitative estimate of drug-likeness (QED) is 0.695. The maximum atomic E-state index is 5.42. The second-order valence-corrected chi connectivity index (χ2v) is 6.69. The van der Waals surface area contributed by atoms with Crippen LogP contribution in [-0.2, 0) is 6.54 Å². The Balaban J connectivity index is 1.35. The Kier molecular flexibility index (Phi) is 4.62. The highest BCUT2D eigenvalue weighted by Gasteiger charge is 2.20. The third kappa shape index (κ3) is 3.64. The van der Waals surface area contributed by atoms with Crippen LogP contribution in [0.4, 0.5) is 5.13 Å². The van der Waals surface area contributed by atoms with Gasteiger partial charge in [0, 0.05) is 43.3 Å². The summed E-state index contributed by atoms with van der Waals surface area (Å²) in [5.74, 6) is 2.07. The number of methoxy groups -OCH3 is 1. The van der Waals surface area contributed by atoms with Gasteiger partial charge in [0.1, 0.15) is 5.75 Å². The fourth-order valence-corrected chi connectivity index (χ4v) is 3.53. The van der Waals surface area contributed by atoms with Gasteiger partial charge in [0.15, 0.2) is 5.13 Å². The van der Waals surface area contributed by atoms with E-state index in [2.05, 4.69) is 24.9 Å². The minimum atomic E-state index is 0.610. The lowest BCUT2D eigenvalue weighted by molar-refractivity contribution is 0.215. The van der Waals surface area contributed by atoms with Crippen LogP contribution < -0.4 is 9.64 Å². The number of aromatic nitrogens is 3. The van der Waals surface area contributed by atoms with Gasteiger partial charge in [-0.2, -0.15) is 4.98 Å². The molecule has 130 valence electrons. The minimum Gasteiger partial charge on any atom is -0.497 e. The highest BCUT2D eigenvalue weighted by molar-refractivity contribution is 7.13. The molecule has 1 aliphatic heterocycles. The summed E-state index contributed by atoms with van der Waals surface area (Å²) in [6, 6.07) is 7.65. The molecule has 1 aromatic carbocycles. The summed E-state index contributed by atoms with van der Waals surface area (Å²) in [5.41, 5.74) is 0.921. The molecule has 0 aliphatic carbocycles. The lowest BCUT2D eigenvalue weighted by Crippen LogP contribution is -2.46. The first-order valence-corrected chi connectivity index (χ1v) is 9.03. The van der Waals surface area contributed by atoms with E-state index in [0.717, 1.165) is 42.6 Å². The molecule has 0 N–H and O–H groups in total. The van der Waals surface area contributed by atoms with Gasteiger partial charge in [0.2, 0.25) is 11.7 Å². The van der Waals surface area contributed by atoms with Gasteiger partial charge in [-0.1, -0.05) is 5.16 Å². The van der Waals surface area contributed by atoms with E-state index in [0.29, 0.717) is 18.3 Å². The van der Waals surface area contributed by atoms with E-state index in [1.54, 1.807) is 18.4 Å². The van der Waals surface area contributed by atoms with E-state index in [9.17, 15) is 0 Å². The number of rotatable bonds is 5. The molecule has 0 atom stereocenters. The molecule has 0 unspecified atom stereocenters. The molecular weight excluding hydrogens is 338 g/mol. The summed E-state index contributed by atoms with van der Waals surface area (Å²) in [6.45, 7) is 4.52. The van der Waals surface area contributed by atoms with E-state index >= 15 is 0 Å². The first-order chi connectivity index (χ1) is 12.3. The standard InChI is InChI=1S/C17H19N5O2S/c1-23-14-4-2-13(3-5-14)16-19-15(24-20-16)12-21-7-9-22(10-8-21)17-18-6-11-25-17/h2-6,11H,7-10,12H2,1H3. The van der Waals surface area contributed by atoms with Crippen molar-refractivity contribution in [3.8, 4) is 17.1 Å². The van der Waals surface area contributed by atoms with E-state index in [1.165, 1.54) is 0 Å². The maximum Gasteiger partial charge on any atom is 0.241 e. The zero-order chi connectivity index (χ0) is 17.1. The fourth-order valence-electron chi connectivity index (χ4n) is 2.84. The second-order valence-electron chi connectivity index (χ2n) is 5.82. The van der Waals surface area contributed by atoms with Crippen LogP contribution in [-0.4, -0.2) is 53.3 Å². The van der Waals surface area contributed by atoms with Gasteiger partial charge in [-0.3, -0.25) is 4.90 Å². The van der Waals surface area contributed by atoms with Gasteiger partial charge in [-0.25, -0.2) is 4.98 Å². The molecule has 1 saturated heterocycles. The Labute approximate surface area is 149 Å². The summed E-state index contributed by atoms with van der Waals surface area (Å²) in [4.78, 5) is 13.5. The van der Waals surface area contributed by atoms with Crippen molar-refractivity contribution in [2.24, 2.45) is 0 Å². The molecular formula is C17H19N5O2S.